The van der Waals surface area contributed by atoms with E-state index in [9.17, 15) is 4.79 Å². The predicted octanol–water partition coefficient (Wildman–Crippen LogP) is 7.29. The van der Waals surface area contributed by atoms with Gasteiger partial charge in [-0.05, 0) is 30.9 Å². The van der Waals surface area contributed by atoms with E-state index in [1.807, 2.05) is 24.3 Å². The maximum Gasteiger partial charge on any atom is 0.266 e. The lowest BCUT2D eigenvalue weighted by Gasteiger charge is -2.19. The third-order valence-electron chi connectivity index (χ3n) is 5.76. The van der Waals surface area contributed by atoms with Gasteiger partial charge in [-0.25, -0.2) is 4.98 Å². The molecule has 1 aromatic heterocycles. The van der Waals surface area contributed by atoms with Gasteiger partial charge in [0.05, 0.1) is 12.2 Å². The van der Waals surface area contributed by atoms with Crippen LogP contribution in [0.15, 0.2) is 43.0 Å². The number of rotatable bonds is 16. The average molecular weight is 413 g/mol. The van der Waals surface area contributed by atoms with Crippen molar-refractivity contribution in [1.82, 2.24) is 9.55 Å². The minimum Gasteiger partial charge on any atom is -0.492 e. The Morgan fingerprint density at radius 1 is 0.933 bits per heavy atom. The average Bonchev–Trinajstić information content (AvgIpc) is 3.31. The first kappa shape index (κ1) is 24.2. The number of imidazole rings is 1. The minimum absolute atomic E-state index is 0.0986. The van der Waals surface area contributed by atoms with Crippen molar-refractivity contribution >= 4 is 5.91 Å². The Labute approximate surface area is 183 Å². The van der Waals surface area contributed by atoms with Gasteiger partial charge in [0, 0.05) is 12.4 Å². The molecular weight excluding hydrogens is 372 g/mol. The van der Waals surface area contributed by atoms with Gasteiger partial charge in [0.1, 0.15) is 12.1 Å². The molecule has 0 aliphatic rings. The second-order valence-electron chi connectivity index (χ2n) is 8.35. The first-order valence-electron chi connectivity index (χ1n) is 12.0. The SMILES string of the molecule is CCCCCCCCC(CCCCCC)COc1ccccc1C(=O)n1ccnc1. The highest BCUT2D eigenvalue weighted by Gasteiger charge is 2.16. The Morgan fingerprint density at radius 3 is 2.23 bits per heavy atom. The number of hydrogen-bond donors (Lipinski definition) is 0. The van der Waals surface area contributed by atoms with Gasteiger partial charge < -0.3 is 4.74 Å². The van der Waals surface area contributed by atoms with E-state index in [4.69, 9.17) is 4.74 Å². The maximum absolute atomic E-state index is 12.8. The molecular formula is C26H40N2O2. The van der Waals surface area contributed by atoms with E-state index in [1.165, 1.54) is 87.9 Å². The zero-order valence-corrected chi connectivity index (χ0v) is 19.0. The third kappa shape index (κ3) is 8.73. The van der Waals surface area contributed by atoms with Crippen molar-refractivity contribution < 1.29 is 9.53 Å². The highest BCUT2D eigenvalue weighted by atomic mass is 16.5. The van der Waals surface area contributed by atoms with E-state index in [0.717, 1.165) is 0 Å². The monoisotopic (exact) mass is 412 g/mol. The second-order valence-corrected chi connectivity index (χ2v) is 8.35. The maximum atomic E-state index is 12.8. The van der Waals surface area contributed by atoms with Gasteiger partial charge in [0.15, 0.2) is 0 Å². The zero-order chi connectivity index (χ0) is 21.4. The Morgan fingerprint density at radius 2 is 1.57 bits per heavy atom. The van der Waals surface area contributed by atoms with Crippen LogP contribution in [0.3, 0.4) is 0 Å². The molecule has 2 aromatic rings. The standard InChI is InChI=1S/C26H40N2O2/c1-3-5-7-9-10-12-16-23(15-11-8-6-4-2)21-30-25-18-14-13-17-24(25)26(29)28-20-19-27-22-28/h13-14,17-20,22-23H,3-12,15-16,21H2,1-2H3. The fourth-order valence-corrected chi connectivity index (χ4v) is 3.88. The molecule has 0 N–H and O–H groups in total. The second kappa shape index (κ2) is 14.8. The Kier molecular flexibility index (Phi) is 11.9. The molecule has 0 amide bonds. The van der Waals surface area contributed by atoms with Crippen LogP contribution in [0.5, 0.6) is 5.75 Å². The van der Waals surface area contributed by atoms with Crippen LogP contribution in [0.25, 0.3) is 0 Å². The van der Waals surface area contributed by atoms with Crippen molar-refractivity contribution in [3.63, 3.8) is 0 Å². The third-order valence-corrected chi connectivity index (χ3v) is 5.76. The molecule has 4 nitrogen and oxygen atoms in total. The molecule has 1 unspecified atom stereocenters. The molecule has 0 aliphatic carbocycles. The number of benzene rings is 1. The summed E-state index contributed by atoms with van der Waals surface area (Å²) in [5.74, 6) is 1.14. The number of ether oxygens (including phenoxy) is 1. The largest absolute Gasteiger partial charge is 0.492 e. The van der Waals surface area contributed by atoms with Crippen molar-refractivity contribution in [3.05, 3.63) is 48.5 Å². The van der Waals surface area contributed by atoms with Gasteiger partial charge in [0.25, 0.3) is 5.91 Å². The van der Waals surface area contributed by atoms with E-state index in [0.29, 0.717) is 23.8 Å². The fourth-order valence-electron chi connectivity index (χ4n) is 3.88. The smallest absolute Gasteiger partial charge is 0.266 e. The van der Waals surface area contributed by atoms with Crippen LogP contribution in [-0.4, -0.2) is 22.1 Å². The summed E-state index contributed by atoms with van der Waals surface area (Å²) in [6.45, 7) is 5.21. The molecule has 166 valence electrons. The lowest BCUT2D eigenvalue weighted by molar-refractivity contribution is 0.0954. The molecule has 0 aliphatic heterocycles. The molecule has 4 heteroatoms. The molecule has 0 radical (unpaired) electrons. The van der Waals surface area contributed by atoms with Crippen molar-refractivity contribution in [2.75, 3.05) is 6.61 Å². The Hall–Kier alpha value is -2.10. The fraction of sp³-hybridized carbons (Fsp3) is 0.615. The predicted molar refractivity (Wildman–Crippen MR) is 124 cm³/mol. The summed E-state index contributed by atoms with van der Waals surface area (Å²) in [5, 5.41) is 0. The molecule has 1 heterocycles. The van der Waals surface area contributed by atoms with Crippen LogP contribution < -0.4 is 4.74 Å². The summed E-state index contributed by atoms with van der Waals surface area (Å²) in [6, 6.07) is 7.56. The van der Waals surface area contributed by atoms with Crippen LogP contribution >= 0.6 is 0 Å². The van der Waals surface area contributed by atoms with Crippen LogP contribution in [0.1, 0.15) is 101 Å². The molecule has 0 saturated carbocycles. The zero-order valence-electron chi connectivity index (χ0n) is 19.0. The number of unbranched alkanes of at least 4 members (excludes halogenated alkanes) is 8. The normalized spacial score (nSPS) is 12.1. The van der Waals surface area contributed by atoms with E-state index in [1.54, 1.807) is 12.4 Å². The molecule has 30 heavy (non-hydrogen) atoms. The Bertz CT molecular complexity index is 697. The van der Waals surface area contributed by atoms with Crippen LogP contribution in [-0.2, 0) is 0 Å². The lowest BCUT2D eigenvalue weighted by atomic mass is 9.95. The van der Waals surface area contributed by atoms with E-state index in [-0.39, 0.29) is 5.91 Å². The van der Waals surface area contributed by atoms with Gasteiger partial charge in [0.2, 0.25) is 0 Å². The molecule has 0 bridgehead atoms. The van der Waals surface area contributed by atoms with Gasteiger partial charge in [-0.2, -0.15) is 0 Å². The number of carbonyl (C=O) groups excluding carboxylic acids is 1. The molecule has 1 aromatic carbocycles. The van der Waals surface area contributed by atoms with E-state index < -0.39 is 0 Å². The molecule has 0 saturated heterocycles. The number of para-hydroxylation sites is 1. The summed E-state index contributed by atoms with van der Waals surface area (Å²) >= 11 is 0. The molecule has 0 fully saturated rings. The van der Waals surface area contributed by atoms with Gasteiger partial charge in [-0.1, -0.05) is 90.2 Å². The van der Waals surface area contributed by atoms with E-state index >= 15 is 0 Å². The number of aromatic nitrogens is 2. The van der Waals surface area contributed by atoms with Crippen molar-refractivity contribution in [1.29, 1.82) is 0 Å². The number of hydrogen-bond acceptors (Lipinski definition) is 3. The van der Waals surface area contributed by atoms with Gasteiger partial charge in [-0.15, -0.1) is 0 Å². The highest BCUT2D eigenvalue weighted by Crippen LogP contribution is 2.24. The Balaban J connectivity index is 1.90. The quantitative estimate of drug-likeness (QED) is 0.272. The van der Waals surface area contributed by atoms with Gasteiger partial charge >= 0.3 is 0 Å². The minimum atomic E-state index is -0.0986. The van der Waals surface area contributed by atoms with E-state index in [2.05, 4.69) is 18.8 Å². The van der Waals surface area contributed by atoms with Crippen LogP contribution in [0, 0.1) is 5.92 Å². The number of nitrogens with zero attached hydrogens (tertiary/aromatic N) is 2. The van der Waals surface area contributed by atoms with Crippen LogP contribution in [0.4, 0.5) is 0 Å². The van der Waals surface area contributed by atoms with Crippen LogP contribution in [0.2, 0.25) is 0 Å². The molecule has 1 atom stereocenters. The lowest BCUT2D eigenvalue weighted by Crippen LogP contribution is -2.16. The topological polar surface area (TPSA) is 44.1 Å². The van der Waals surface area contributed by atoms with Gasteiger partial charge in [-0.3, -0.25) is 9.36 Å². The van der Waals surface area contributed by atoms with Crippen molar-refractivity contribution in [2.24, 2.45) is 5.92 Å². The summed E-state index contributed by atoms with van der Waals surface area (Å²) in [5.41, 5.74) is 0.597. The summed E-state index contributed by atoms with van der Waals surface area (Å²) in [4.78, 5) is 16.7. The summed E-state index contributed by atoms with van der Waals surface area (Å²) in [6.07, 6.45) is 20.4. The first-order valence-corrected chi connectivity index (χ1v) is 12.0. The molecule has 2 rings (SSSR count). The summed E-state index contributed by atoms with van der Waals surface area (Å²) in [7, 11) is 0. The summed E-state index contributed by atoms with van der Waals surface area (Å²) < 4.78 is 7.72. The first-order chi connectivity index (χ1) is 14.8. The highest BCUT2D eigenvalue weighted by molar-refractivity contribution is 5.98. The van der Waals surface area contributed by atoms with Crippen molar-refractivity contribution in [3.8, 4) is 5.75 Å². The number of carbonyl (C=O) groups is 1. The molecule has 0 spiro atoms. The van der Waals surface area contributed by atoms with Crippen molar-refractivity contribution in [2.45, 2.75) is 90.9 Å².